The second-order valence-electron chi connectivity index (χ2n) is 4.71. The van der Waals surface area contributed by atoms with Crippen molar-refractivity contribution in [3.8, 4) is 0 Å². The number of nitrogens with zero attached hydrogens (tertiary/aromatic N) is 1. The van der Waals surface area contributed by atoms with Crippen molar-refractivity contribution in [3.63, 3.8) is 0 Å². The van der Waals surface area contributed by atoms with Crippen LogP contribution in [-0.4, -0.2) is 28.6 Å². The zero-order valence-corrected chi connectivity index (χ0v) is 11.3. The lowest BCUT2D eigenvalue weighted by Gasteiger charge is -2.30. The molecule has 0 fully saturated rings. The number of hydrogen-bond donors (Lipinski definition) is 1. The highest BCUT2D eigenvalue weighted by molar-refractivity contribution is 6.30. The van der Waals surface area contributed by atoms with Gasteiger partial charge in [0, 0.05) is 12.1 Å². The van der Waals surface area contributed by atoms with Gasteiger partial charge in [0.05, 0.1) is 6.04 Å². The third kappa shape index (κ3) is 3.45. The lowest BCUT2D eigenvalue weighted by molar-refractivity contribution is -0.148. The molecule has 4 heteroatoms. The molecule has 1 aromatic carbocycles. The predicted molar refractivity (Wildman–Crippen MR) is 68.9 cm³/mol. The average molecular weight is 256 g/mol. The van der Waals surface area contributed by atoms with Crippen molar-refractivity contribution in [1.29, 1.82) is 0 Å². The van der Waals surface area contributed by atoms with E-state index in [1.807, 2.05) is 25.1 Å². The summed E-state index contributed by atoms with van der Waals surface area (Å²) in [5, 5.41) is 10.3. The summed E-state index contributed by atoms with van der Waals surface area (Å²) in [6.07, 6.45) is 0. The van der Waals surface area contributed by atoms with Crippen LogP contribution in [0.1, 0.15) is 32.4 Å². The van der Waals surface area contributed by atoms with Crippen LogP contribution >= 0.6 is 11.6 Å². The Labute approximate surface area is 107 Å². The van der Waals surface area contributed by atoms with E-state index in [9.17, 15) is 9.90 Å². The molecule has 0 aliphatic rings. The number of likely N-dealkylation sites (N-methyl/N-ethyl adjacent to an activating group) is 1. The van der Waals surface area contributed by atoms with Gasteiger partial charge in [0.25, 0.3) is 5.91 Å². The number of amides is 1. The van der Waals surface area contributed by atoms with Crippen LogP contribution in [0, 0.1) is 0 Å². The zero-order chi connectivity index (χ0) is 13.2. The van der Waals surface area contributed by atoms with E-state index < -0.39 is 5.60 Å². The molecular weight excluding hydrogens is 238 g/mol. The number of halogens is 1. The molecule has 3 nitrogen and oxygen atoms in total. The smallest absolute Gasteiger partial charge is 0.254 e. The Kier molecular flexibility index (Phi) is 4.17. The number of carbonyl (C=O) groups is 1. The van der Waals surface area contributed by atoms with Crippen molar-refractivity contribution in [2.24, 2.45) is 0 Å². The second kappa shape index (κ2) is 5.07. The van der Waals surface area contributed by atoms with Gasteiger partial charge in [0.1, 0.15) is 5.60 Å². The third-order valence-corrected chi connectivity index (χ3v) is 2.99. The van der Waals surface area contributed by atoms with Gasteiger partial charge in [-0.15, -0.1) is 0 Å². The minimum Gasteiger partial charge on any atom is -0.381 e. The lowest BCUT2D eigenvalue weighted by Crippen LogP contribution is -2.44. The lowest BCUT2D eigenvalue weighted by atomic mass is 10.0. The van der Waals surface area contributed by atoms with Crippen LogP contribution in [0.4, 0.5) is 0 Å². The quantitative estimate of drug-likeness (QED) is 0.902. The number of rotatable bonds is 3. The molecule has 1 amide bonds. The van der Waals surface area contributed by atoms with E-state index in [0.717, 1.165) is 5.56 Å². The van der Waals surface area contributed by atoms with Crippen LogP contribution in [0.3, 0.4) is 0 Å². The van der Waals surface area contributed by atoms with E-state index >= 15 is 0 Å². The van der Waals surface area contributed by atoms with Crippen molar-refractivity contribution in [2.45, 2.75) is 32.4 Å². The van der Waals surface area contributed by atoms with Crippen LogP contribution in [0.2, 0.25) is 5.02 Å². The van der Waals surface area contributed by atoms with Gasteiger partial charge in [-0.2, -0.15) is 0 Å². The molecule has 1 unspecified atom stereocenters. The maximum atomic E-state index is 11.9. The maximum absolute atomic E-state index is 11.9. The fourth-order valence-electron chi connectivity index (χ4n) is 1.60. The van der Waals surface area contributed by atoms with E-state index in [-0.39, 0.29) is 11.9 Å². The summed E-state index contributed by atoms with van der Waals surface area (Å²) in [7, 11) is 1.67. The molecule has 0 spiro atoms. The first-order valence-electron chi connectivity index (χ1n) is 5.48. The van der Waals surface area contributed by atoms with E-state index in [0.29, 0.717) is 5.02 Å². The molecule has 0 aromatic heterocycles. The highest BCUT2D eigenvalue weighted by atomic mass is 35.5. The summed E-state index contributed by atoms with van der Waals surface area (Å²) in [6, 6.07) is 7.23. The van der Waals surface area contributed by atoms with Gasteiger partial charge in [-0.3, -0.25) is 4.79 Å². The van der Waals surface area contributed by atoms with Crippen LogP contribution in [0.5, 0.6) is 0 Å². The van der Waals surface area contributed by atoms with Crippen molar-refractivity contribution in [3.05, 3.63) is 34.9 Å². The Morgan fingerprint density at radius 1 is 1.47 bits per heavy atom. The highest BCUT2D eigenvalue weighted by Crippen LogP contribution is 2.23. The van der Waals surface area contributed by atoms with Gasteiger partial charge in [0.15, 0.2) is 0 Å². The first kappa shape index (κ1) is 14.0. The van der Waals surface area contributed by atoms with Gasteiger partial charge in [-0.1, -0.05) is 23.7 Å². The van der Waals surface area contributed by atoms with Gasteiger partial charge in [0.2, 0.25) is 0 Å². The molecule has 0 heterocycles. The first-order chi connectivity index (χ1) is 7.73. The number of hydrogen-bond acceptors (Lipinski definition) is 2. The average Bonchev–Trinajstić information content (AvgIpc) is 2.25. The van der Waals surface area contributed by atoms with Gasteiger partial charge in [-0.25, -0.2) is 0 Å². The Morgan fingerprint density at radius 3 is 2.53 bits per heavy atom. The van der Waals surface area contributed by atoms with Crippen LogP contribution in [0.25, 0.3) is 0 Å². The van der Waals surface area contributed by atoms with E-state index in [4.69, 9.17) is 11.6 Å². The largest absolute Gasteiger partial charge is 0.381 e. The Balaban J connectivity index is 2.91. The third-order valence-electron chi connectivity index (χ3n) is 2.76. The molecule has 1 aromatic rings. The standard InChI is InChI=1S/C13H18ClNO2/c1-9(10-6-5-7-11(14)8-10)15(4)12(16)13(2,3)17/h5-9,17H,1-4H3. The molecule has 0 saturated carbocycles. The Hall–Kier alpha value is -1.06. The predicted octanol–water partition coefficient (Wildman–Crippen LogP) is 2.63. The number of benzene rings is 1. The molecule has 17 heavy (non-hydrogen) atoms. The van der Waals surface area contributed by atoms with Gasteiger partial charge in [-0.05, 0) is 38.5 Å². The Morgan fingerprint density at radius 2 is 2.06 bits per heavy atom. The van der Waals surface area contributed by atoms with Crippen molar-refractivity contribution >= 4 is 17.5 Å². The van der Waals surface area contributed by atoms with Crippen molar-refractivity contribution < 1.29 is 9.90 Å². The summed E-state index contributed by atoms with van der Waals surface area (Å²) >= 11 is 5.91. The molecule has 94 valence electrons. The van der Waals surface area contributed by atoms with Crippen molar-refractivity contribution in [2.75, 3.05) is 7.05 Å². The van der Waals surface area contributed by atoms with E-state index in [2.05, 4.69) is 0 Å². The fraction of sp³-hybridized carbons (Fsp3) is 0.462. The highest BCUT2D eigenvalue weighted by Gasteiger charge is 2.30. The Bertz CT molecular complexity index is 412. The molecule has 0 saturated heterocycles. The summed E-state index contributed by atoms with van der Waals surface area (Å²) < 4.78 is 0. The molecule has 0 aliphatic heterocycles. The summed E-state index contributed by atoms with van der Waals surface area (Å²) in [5.41, 5.74) is -0.417. The topological polar surface area (TPSA) is 40.5 Å². The summed E-state index contributed by atoms with van der Waals surface area (Å²) in [5.74, 6) is -0.315. The first-order valence-corrected chi connectivity index (χ1v) is 5.86. The van der Waals surface area contributed by atoms with Crippen LogP contribution in [-0.2, 0) is 4.79 Å². The zero-order valence-electron chi connectivity index (χ0n) is 10.6. The normalized spacial score (nSPS) is 13.3. The fourth-order valence-corrected chi connectivity index (χ4v) is 1.80. The number of aliphatic hydroxyl groups is 1. The van der Waals surface area contributed by atoms with Gasteiger partial charge >= 0.3 is 0 Å². The van der Waals surface area contributed by atoms with E-state index in [1.165, 1.54) is 18.7 Å². The van der Waals surface area contributed by atoms with Crippen LogP contribution < -0.4 is 0 Å². The van der Waals surface area contributed by atoms with E-state index in [1.54, 1.807) is 13.1 Å². The van der Waals surface area contributed by atoms with Gasteiger partial charge < -0.3 is 10.0 Å². The minimum atomic E-state index is -1.36. The monoisotopic (exact) mass is 255 g/mol. The minimum absolute atomic E-state index is 0.132. The SMILES string of the molecule is CC(c1cccc(Cl)c1)N(C)C(=O)C(C)(C)O. The molecule has 0 bridgehead atoms. The maximum Gasteiger partial charge on any atom is 0.254 e. The molecule has 1 rings (SSSR count). The summed E-state index contributed by atoms with van der Waals surface area (Å²) in [6.45, 7) is 4.86. The second-order valence-corrected chi connectivity index (χ2v) is 5.14. The number of carbonyl (C=O) groups excluding carboxylic acids is 1. The van der Waals surface area contributed by atoms with Crippen molar-refractivity contribution in [1.82, 2.24) is 4.90 Å². The molecule has 1 N–H and O–H groups in total. The molecule has 0 aliphatic carbocycles. The molecule has 0 radical (unpaired) electrons. The van der Waals surface area contributed by atoms with Crippen LogP contribution in [0.15, 0.2) is 24.3 Å². The molecule has 1 atom stereocenters. The molecular formula is C13H18ClNO2. The summed E-state index contributed by atoms with van der Waals surface area (Å²) in [4.78, 5) is 13.4.